The van der Waals surface area contributed by atoms with E-state index in [1.807, 2.05) is 5.32 Å². The number of hydrogen-bond acceptors (Lipinski definition) is 8. The molecule has 0 aliphatic heterocycles. The predicted molar refractivity (Wildman–Crippen MR) is 93.9 cm³/mol. The highest BCUT2D eigenvalue weighted by Gasteiger charge is 2.30. The molecule has 0 aliphatic rings. The smallest absolute Gasteiger partial charge is 0.322 e. The number of carboxylic acid groups (broad SMARTS) is 1. The van der Waals surface area contributed by atoms with E-state index in [9.17, 15) is 33.6 Å². The van der Waals surface area contributed by atoms with Crippen LogP contribution in [0.3, 0.4) is 0 Å². The van der Waals surface area contributed by atoms with Crippen LogP contribution in [0.1, 0.15) is 19.3 Å². The molecule has 0 radical (unpaired) electrons. The summed E-state index contributed by atoms with van der Waals surface area (Å²) < 4.78 is 0. The van der Waals surface area contributed by atoms with Gasteiger partial charge in [0.25, 0.3) is 0 Å². The fourth-order valence-corrected chi connectivity index (χ4v) is 1.97. The van der Waals surface area contributed by atoms with Crippen LogP contribution in [-0.2, 0) is 33.6 Å². The Morgan fingerprint density at radius 2 is 1.10 bits per heavy atom. The van der Waals surface area contributed by atoms with Gasteiger partial charge in [-0.05, 0) is 0 Å². The van der Waals surface area contributed by atoms with Crippen LogP contribution < -0.4 is 38.9 Å². The van der Waals surface area contributed by atoms with E-state index in [-0.39, 0.29) is 0 Å². The molecule has 0 fully saturated rings. The summed E-state index contributed by atoms with van der Waals surface area (Å²) in [6.45, 7) is -0.798. The van der Waals surface area contributed by atoms with Crippen molar-refractivity contribution in [3.8, 4) is 0 Å². The molecule has 0 bridgehead atoms. The SMILES string of the molecule is NC(=O)C[C@H](NC(=O)[C@H](CC(N)=O)NC(=O)[C@@H](N)CC(N)=O)C(=O)NCC(=O)O. The quantitative estimate of drug-likeness (QED) is 0.141. The molecule has 0 spiro atoms. The van der Waals surface area contributed by atoms with Crippen LogP contribution >= 0.6 is 0 Å². The number of rotatable bonds is 13. The molecule has 6 amide bonds. The van der Waals surface area contributed by atoms with Gasteiger partial charge in [0.2, 0.25) is 35.4 Å². The highest BCUT2D eigenvalue weighted by molar-refractivity contribution is 5.97. The number of nitrogens with one attached hydrogen (secondary N) is 3. The van der Waals surface area contributed by atoms with Crippen LogP contribution in [0.5, 0.6) is 0 Å². The summed E-state index contributed by atoms with van der Waals surface area (Å²) in [5, 5.41) is 14.7. The fourth-order valence-electron chi connectivity index (χ4n) is 1.97. The maximum Gasteiger partial charge on any atom is 0.322 e. The van der Waals surface area contributed by atoms with Crippen molar-refractivity contribution in [1.29, 1.82) is 0 Å². The van der Waals surface area contributed by atoms with E-state index in [0.29, 0.717) is 0 Å². The molecule has 0 aromatic carbocycles. The Morgan fingerprint density at radius 1 is 0.690 bits per heavy atom. The summed E-state index contributed by atoms with van der Waals surface area (Å²) in [5.41, 5.74) is 20.4. The third-order valence-corrected chi connectivity index (χ3v) is 3.25. The number of carbonyl (C=O) groups excluding carboxylic acids is 6. The van der Waals surface area contributed by atoms with E-state index in [1.54, 1.807) is 0 Å². The summed E-state index contributed by atoms with van der Waals surface area (Å²) in [5.74, 6) is -7.44. The van der Waals surface area contributed by atoms with Crippen LogP contribution in [-0.4, -0.2) is 71.2 Å². The lowest BCUT2D eigenvalue weighted by molar-refractivity contribution is -0.139. The Hall–Kier alpha value is -3.75. The highest BCUT2D eigenvalue weighted by Crippen LogP contribution is 1.99. The minimum atomic E-state index is -1.61. The van der Waals surface area contributed by atoms with Crippen molar-refractivity contribution in [2.75, 3.05) is 6.54 Å². The standard InChI is InChI=1S/C14H23N7O8/c15-5(1-8(16)22)12(27)20-7(3-10(18)24)14(29)21-6(2-9(17)23)13(28)19-4-11(25)26/h5-7H,1-4,15H2,(H2,16,22)(H2,17,23)(H2,18,24)(H,19,28)(H,20,27)(H,21,29)(H,25,26)/t5-,6-,7-/m0/s1. The zero-order valence-corrected chi connectivity index (χ0v) is 15.2. The van der Waals surface area contributed by atoms with Crippen LogP contribution in [0, 0.1) is 0 Å². The first-order valence-corrected chi connectivity index (χ1v) is 8.04. The molecule has 0 unspecified atom stereocenters. The Morgan fingerprint density at radius 3 is 1.52 bits per heavy atom. The Kier molecular flexibility index (Phi) is 10.3. The van der Waals surface area contributed by atoms with Gasteiger partial charge in [0.15, 0.2) is 0 Å². The van der Waals surface area contributed by atoms with Gasteiger partial charge in [-0.15, -0.1) is 0 Å². The molecule has 15 heteroatoms. The average molecular weight is 417 g/mol. The van der Waals surface area contributed by atoms with Crippen LogP contribution in [0.25, 0.3) is 0 Å². The van der Waals surface area contributed by atoms with E-state index >= 15 is 0 Å². The minimum Gasteiger partial charge on any atom is -0.480 e. The molecule has 29 heavy (non-hydrogen) atoms. The van der Waals surface area contributed by atoms with Crippen molar-refractivity contribution in [3.05, 3.63) is 0 Å². The summed E-state index contributed by atoms with van der Waals surface area (Å²) in [6.07, 6.45) is -1.95. The molecule has 0 aromatic heterocycles. The highest BCUT2D eigenvalue weighted by atomic mass is 16.4. The molecule has 0 aromatic rings. The first-order valence-electron chi connectivity index (χ1n) is 8.04. The van der Waals surface area contributed by atoms with Gasteiger partial charge in [0, 0.05) is 0 Å². The molecular weight excluding hydrogens is 394 g/mol. The minimum absolute atomic E-state index is 0.543. The summed E-state index contributed by atoms with van der Waals surface area (Å²) in [7, 11) is 0. The summed E-state index contributed by atoms with van der Waals surface area (Å²) >= 11 is 0. The topological polar surface area (TPSA) is 280 Å². The molecular formula is C14H23N7O8. The molecule has 0 saturated carbocycles. The monoisotopic (exact) mass is 417 g/mol. The second-order valence-corrected chi connectivity index (χ2v) is 5.85. The van der Waals surface area contributed by atoms with Gasteiger partial charge in [-0.25, -0.2) is 0 Å². The van der Waals surface area contributed by atoms with E-state index in [0.717, 1.165) is 0 Å². The molecule has 12 N–H and O–H groups in total. The first kappa shape index (κ1) is 25.2. The van der Waals surface area contributed by atoms with E-state index in [4.69, 9.17) is 28.0 Å². The lowest BCUT2D eigenvalue weighted by atomic mass is 10.1. The predicted octanol–water partition coefficient (Wildman–Crippen LogP) is -5.89. The fraction of sp³-hybridized carbons (Fsp3) is 0.500. The molecule has 0 heterocycles. The number of nitrogens with two attached hydrogens (primary N) is 4. The second kappa shape index (κ2) is 11.9. The van der Waals surface area contributed by atoms with Crippen molar-refractivity contribution >= 4 is 41.4 Å². The van der Waals surface area contributed by atoms with Gasteiger partial charge in [-0.1, -0.05) is 0 Å². The van der Waals surface area contributed by atoms with E-state index in [2.05, 4.69) is 10.6 Å². The number of carbonyl (C=O) groups is 7. The Labute approximate surface area is 163 Å². The molecule has 0 aliphatic carbocycles. The van der Waals surface area contributed by atoms with Crippen LogP contribution in [0.2, 0.25) is 0 Å². The Balaban J connectivity index is 5.30. The van der Waals surface area contributed by atoms with E-state index < -0.39 is 85.3 Å². The lowest BCUT2D eigenvalue weighted by Gasteiger charge is -2.22. The van der Waals surface area contributed by atoms with Crippen LogP contribution in [0.15, 0.2) is 0 Å². The number of primary amides is 3. The summed E-state index contributed by atoms with van der Waals surface area (Å²) in [6, 6.07) is -4.62. The van der Waals surface area contributed by atoms with Gasteiger partial charge in [-0.3, -0.25) is 33.6 Å². The largest absolute Gasteiger partial charge is 0.480 e. The molecule has 0 saturated heterocycles. The van der Waals surface area contributed by atoms with Gasteiger partial charge >= 0.3 is 5.97 Å². The number of aliphatic carboxylic acids is 1. The third kappa shape index (κ3) is 10.9. The molecule has 3 atom stereocenters. The first-order chi connectivity index (χ1) is 13.3. The average Bonchev–Trinajstić information content (AvgIpc) is 2.56. The van der Waals surface area contributed by atoms with Gasteiger partial charge in [0.05, 0.1) is 25.3 Å². The van der Waals surface area contributed by atoms with Gasteiger partial charge < -0.3 is 44.0 Å². The maximum absolute atomic E-state index is 12.4. The Bertz CT molecular complexity index is 695. The van der Waals surface area contributed by atoms with E-state index in [1.165, 1.54) is 0 Å². The molecule has 15 nitrogen and oxygen atoms in total. The number of carboxylic acids is 1. The molecule has 162 valence electrons. The zero-order valence-electron chi connectivity index (χ0n) is 15.2. The maximum atomic E-state index is 12.4. The van der Waals surface area contributed by atoms with Gasteiger partial charge in [0.1, 0.15) is 18.6 Å². The number of amides is 6. The number of hydrogen-bond donors (Lipinski definition) is 8. The summed E-state index contributed by atoms with van der Waals surface area (Å²) in [4.78, 5) is 80.0. The van der Waals surface area contributed by atoms with Crippen molar-refractivity contribution in [2.45, 2.75) is 37.4 Å². The van der Waals surface area contributed by atoms with Gasteiger partial charge in [-0.2, -0.15) is 0 Å². The zero-order chi connectivity index (χ0) is 22.7. The van der Waals surface area contributed by atoms with Crippen molar-refractivity contribution in [3.63, 3.8) is 0 Å². The lowest BCUT2D eigenvalue weighted by Crippen LogP contribution is -2.57. The third-order valence-electron chi connectivity index (χ3n) is 3.25. The van der Waals surface area contributed by atoms with Crippen molar-refractivity contribution < 1.29 is 38.7 Å². The van der Waals surface area contributed by atoms with Crippen molar-refractivity contribution in [1.82, 2.24) is 16.0 Å². The molecule has 0 rings (SSSR count). The van der Waals surface area contributed by atoms with Crippen molar-refractivity contribution in [2.24, 2.45) is 22.9 Å². The normalized spacial score (nSPS) is 13.3. The van der Waals surface area contributed by atoms with Crippen LogP contribution in [0.4, 0.5) is 0 Å². The second-order valence-electron chi connectivity index (χ2n) is 5.85.